The second-order valence-corrected chi connectivity index (χ2v) is 11.0. The fourth-order valence-electron chi connectivity index (χ4n) is 3.75. The second-order valence-electron chi connectivity index (χ2n) is 8.04. The number of carbonyl (C=O) groups excluding carboxylic acids is 2. The van der Waals surface area contributed by atoms with Crippen molar-refractivity contribution < 1.29 is 22.7 Å². The van der Waals surface area contributed by atoms with Gasteiger partial charge in [-0.25, -0.2) is 8.42 Å². The van der Waals surface area contributed by atoms with E-state index in [0.29, 0.717) is 23.8 Å². The monoisotopic (exact) mass is 487 g/mol. The van der Waals surface area contributed by atoms with Gasteiger partial charge in [-0.15, -0.1) is 0 Å². The van der Waals surface area contributed by atoms with Crippen LogP contribution in [0.5, 0.6) is 0 Å². The van der Waals surface area contributed by atoms with Crippen molar-refractivity contribution in [2.45, 2.75) is 31.2 Å². The highest BCUT2D eigenvalue weighted by Crippen LogP contribution is 2.24. The van der Waals surface area contributed by atoms with Gasteiger partial charge in [-0.1, -0.05) is 30.4 Å². The van der Waals surface area contributed by atoms with E-state index >= 15 is 0 Å². The maximum Gasteiger partial charge on any atom is 0.325 e. The number of aromatic nitrogens is 1. The predicted molar refractivity (Wildman–Crippen MR) is 125 cm³/mol. The fourth-order valence-corrected chi connectivity index (χ4v) is 6.25. The molecule has 0 N–H and O–H groups in total. The minimum atomic E-state index is -3.59. The molecule has 0 bridgehead atoms. The third kappa shape index (κ3) is 4.92. The molecule has 174 valence electrons. The number of sulfonamides is 1. The van der Waals surface area contributed by atoms with Gasteiger partial charge in [0.25, 0.3) is 5.91 Å². The summed E-state index contributed by atoms with van der Waals surface area (Å²) in [6.07, 6.45) is 1.69. The molecule has 1 fully saturated rings. The zero-order chi connectivity index (χ0) is 23.6. The fraction of sp³-hybridized carbons (Fsp3) is 0.348. The molecule has 33 heavy (non-hydrogen) atoms. The van der Waals surface area contributed by atoms with Crippen molar-refractivity contribution in [2.75, 3.05) is 20.2 Å². The van der Waals surface area contributed by atoms with E-state index in [1.54, 1.807) is 4.57 Å². The number of amides is 1. The van der Waals surface area contributed by atoms with Crippen LogP contribution < -0.4 is 4.80 Å². The second kappa shape index (κ2) is 9.58. The van der Waals surface area contributed by atoms with Gasteiger partial charge in [0.15, 0.2) is 4.80 Å². The molecule has 0 unspecified atom stereocenters. The molecular formula is C23H25N3O5S2. The first-order valence-corrected chi connectivity index (χ1v) is 12.9. The van der Waals surface area contributed by atoms with E-state index in [1.165, 1.54) is 47.0 Å². The lowest BCUT2D eigenvalue weighted by Crippen LogP contribution is -2.37. The Bertz CT molecular complexity index is 1350. The van der Waals surface area contributed by atoms with Crippen molar-refractivity contribution in [3.8, 4) is 0 Å². The molecular weight excluding hydrogens is 462 g/mol. The quantitative estimate of drug-likeness (QED) is 0.515. The van der Waals surface area contributed by atoms with Crippen molar-refractivity contribution in [1.82, 2.24) is 8.87 Å². The molecule has 3 aromatic rings. The number of hydrogen-bond donors (Lipinski definition) is 0. The summed E-state index contributed by atoms with van der Waals surface area (Å²) in [5, 5.41) is 0. The van der Waals surface area contributed by atoms with E-state index in [4.69, 9.17) is 4.74 Å². The Morgan fingerprint density at radius 1 is 1.09 bits per heavy atom. The number of thiazole rings is 1. The zero-order valence-corrected chi connectivity index (χ0v) is 20.1. The number of ether oxygens (including phenoxy) is 1. The first kappa shape index (κ1) is 23.3. The number of hydrogen-bond acceptors (Lipinski definition) is 6. The summed E-state index contributed by atoms with van der Waals surface area (Å²) >= 11 is 1.29. The molecule has 4 rings (SSSR count). The molecule has 1 amide bonds. The normalized spacial score (nSPS) is 16.2. The molecule has 0 radical (unpaired) electrons. The van der Waals surface area contributed by atoms with Crippen LogP contribution in [-0.2, 0) is 26.1 Å². The van der Waals surface area contributed by atoms with E-state index in [1.807, 2.05) is 24.3 Å². The third-order valence-electron chi connectivity index (χ3n) is 5.78. The molecule has 0 atom stereocenters. The van der Waals surface area contributed by atoms with Gasteiger partial charge in [0.2, 0.25) is 10.0 Å². The Kier molecular flexibility index (Phi) is 6.78. The lowest BCUT2D eigenvalue weighted by molar-refractivity contribution is -0.141. The van der Waals surface area contributed by atoms with E-state index in [2.05, 4.69) is 11.9 Å². The largest absolute Gasteiger partial charge is 0.468 e. The van der Waals surface area contributed by atoms with Crippen LogP contribution in [0.4, 0.5) is 0 Å². The van der Waals surface area contributed by atoms with Crippen LogP contribution in [0.25, 0.3) is 10.2 Å². The molecule has 2 aromatic carbocycles. The molecule has 1 aromatic heterocycles. The maximum absolute atomic E-state index is 12.9. The van der Waals surface area contributed by atoms with Crippen LogP contribution in [0, 0.1) is 5.92 Å². The first-order valence-electron chi connectivity index (χ1n) is 10.6. The number of esters is 1. The Labute approximate surface area is 196 Å². The SMILES string of the molecule is COC(=O)Cn1c(=NC(=O)c2ccc(S(=O)(=O)N3CCC(C)CC3)cc2)sc2ccccc21. The maximum atomic E-state index is 12.9. The van der Waals surface area contributed by atoms with Gasteiger partial charge in [0.1, 0.15) is 6.54 Å². The molecule has 0 saturated carbocycles. The zero-order valence-electron chi connectivity index (χ0n) is 18.4. The lowest BCUT2D eigenvalue weighted by Gasteiger charge is -2.29. The van der Waals surface area contributed by atoms with Gasteiger partial charge in [-0.05, 0) is 55.2 Å². The molecule has 10 heteroatoms. The number of fused-ring (bicyclic) bond motifs is 1. The summed E-state index contributed by atoms with van der Waals surface area (Å²) in [5.41, 5.74) is 1.04. The predicted octanol–water partition coefficient (Wildman–Crippen LogP) is 3.04. The number of methoxy groups -OCH3 is 1. The van der Waals surface area contributed by atoms with Crippen molar-refractivity contribution in [3.05, 3.63) is 58.9 Å². The van der Waals surface area contributed by atoms with Crippen molar-refractivity contribution >= 4 is 43.5 Å². The number of carbonyl (C=O) groups is 2. The van der Waals surface area contributed by atoms with Gasteiger partial charge >= 0.3 is 5.97 Å². The van der Waals surface area contributed by atoms with Gasteiger partial charge in [-0.2, -0.15) is 9.30 Å². The van der Waals surface area contributed by atoms with Crippen LogP contribution in [0.2, 0.25) is 0 Å². The smallest absolute Gasteiger partial charge is 0.325 e. The van der Waals surface area contributed by atoms with E-state index in [-0.39, 0.29) is 17.0 Å². The molecule has 0 spiro atoms. The van der Waals surface area contributed by atoms with Crippen LogP contribution in [0.3, 0.4) is 0 Å². The molecule has 2 heterocycles. The van der Waals surface area contributed by atoms with Crippen LogP contribution in [0.15, 0.2) is 58.4 Å². The number of nitrogens with zero attached hydrogens (tertiary/aromatic N) is 3. The molecule has 8 nitrogen and oxygen atoms in total. The molecule has 1 aliphatic rings. The van der Waals surface area contributed by atoms with Crippen molar-refractivity contribution in [2.24, 2.45) is 10.9 Å². The highest BCUT2D eigenvalue weighted by atomic mass is 32.2. The average Bonchev–Trinajstić information content (AvgIpc) is 3.16. The van der Waals surface area contributed by atoms with E-state index < -0.39 is 21.9 Å². The van der Waals surface area contributed by atoms with Gasteiger partial charge in [0, 0.05) is 18.7 Å². The minimum absolute atomic E-state index is 0.0712. The van der Waals surface area contributed by atoms with Gasteiger partial charge in [-0.3, -0.25) is 9.59 Å². The topological polar surface area (TPSA) is 98.0 Å². The number of piperidine rings is 1. The van der Waals surface area contributed by atoms with Gasteiger partial charge < -0.3 is 9.30 Å². The summed E-state index contributed by atoms with van der Waals surface area (Å²) in [5.74, 6) is -0.445. The van der Waals surface area contributed by atoms with Crippen molar-refractivity contribution in [3.63, 3.8) is 0 Å². The van der Waals surface area contributed by atoms with E-state index in [0.717, 1.165) is 23.1 Å². The van der Waals surface area contributed by atoms with Crippen LogP contribution in [-0.4, -0.2) is 49.4 Å². The van der Waals surface area contributed by atoms with E-state index in [9.17, 15) is 18.0 Å². The van der Waals surface area contributed by atoms with Crippen molar-refractivity contribution in [1.29, 1.82) is 0 Å². The Balaban J connectivity index is 1.62. The standard InChI is InChI=1S/C23H25N3O5S2/c1-16-11-13-25(14-12-16)33(29,30)18-9-7-17(8-10-18)22(28)24-23-26(15-21(27)31-2)19-5-3-4-6-20(19)32-23/h3-10,16H,11-15H2,1-2H3. The first-order chi connectivity index (χ1) is 15.8. The summed E-state index contributed by atoms with van der Waals surface area (Å²) in [6.45, 7) is 3.06. The number of rotatable bonds is 5. The molecule has 0 aliphatic carbocycles. The highest BCUT2D eigenvalue weighted by molar-refractivity contribution is 7.89. The summed E-state index contributed by atoms with van der Waals surface area (Å²) < 4.78 is 34.6. The third-order valence-corrected chi connectivity index (χ3v) is 8.75. The Morgan fingerprint density at radius 2 is 1.76 bits per heavy atom. The summed E-state index contributed by atoms with van der Waals surface area (Å²) in [7, 11) is -2.28. The van der Waals surface area contributed by atoms with Crippen LogP contribution in [0.1, 0.15) is 30.1 Å². The number of para-hydroxylation sites is 1. The lowest BCUT2D eigenvalue weighted by atomic mass is 10.0. The van der Waals surface area contributed by atoms with Crippen LogP contribution >= 0.6 is 11.3 Å². The minimum Gasteiger partial charge on any atom is -0.468 e. The summed E-state index contributed by atoms with van der Waals surface area (Å²) in [4.78, 5) is 29.5. The van der Waals surface area contributed by atoms with Gasteiger partial charge in [0.05, 0.1) is 22.2 Å². The summed E-state index contributed by atoms with van der Waals surface area (Å²) in [6, 6.07) is 13.3. The Morgan fingerprint density at radius 3 is 2.42 bits per heavy atom. The molecule has 1 aliphatic heterocycles. The molecule has 1 saturated heterocycles. The average molecular weight is 488 g/mol. The number of benzene rings is 2. The Hall–Kier alpha value is -2.82. The highest BCUT2D eigenvalue weighted by Gasteiger charge is 2.28.